The fourth-order valence-electron chi connectivity index (χ4n) is 7.12. The Morgan fingerprint density at radius 1 is 1.36 bits per heavy atom. The van der Waals surface area contributed by atoms with Gasteiger partial charge in [0.05, 0.1) is 25.0 Å². The van der Waals surface area contributed by atoms with Crippen molar-refractivity contribution in [3.8, 4) is 0 Å². The Labute approximate surface area is 147 Å². The lowest BCUT2D eigenvalue weighted by Gasteiger charge is -2.43. The second-order valence-corrected chi connectivity index (χ2v) is 8.62. The predicted octanol–water partition coefficient (Wildman–Crippen LogP) is 1.28. The number of aliphatic hydroxyl groups is 2. The molecule has 0 aromatic heterocycles. The third-order valence-corrected chi connectivity index (χ3v) is 7.81. The van der Waals surface area contributed by atoms with Gasteiger partial charge in [-0.25, -0.2) is 0 Å². The molecule has 0 aromatic carbocycles. The highest BCUT2D eigenvalue weighted by atomic mass is 16.6. The topological polar surface area (TPSA) is 93.1 Å². The first kappa shape index (κ1) is 17.3. The van der Waals surface area contributed by atoms with E-state index in [1.54, 1.807) is 0 Å². The molecule has 1 saturated heterocycles. The van der Waals surface area contributed by atoms with E-state index in [2.05, 4.69) is 0 Å². The summed E-state index contributed by atoms with van der Waals surface area (Å²) in [5.74, 6) is -1.24. The van der Waals surface area contributed by atoms with E-state index < -0.39 is 17.6 Å². The molecular weight excluding hydrogens is 324 g/mol. The third-order valence-electron chi connectivity index (χ3n) is 7.81. The Morgan fingerprint density at radius 2 is 2.12 bits per heavy atom. The van der Waals surface area contributed by atoms with Gasteiger partial charge in [-0.2, -0.15) is 0 Å². The van der Waals surface area contributed by atoms with Gasteiger partial charge in [0.1, 0.15) is 5.60 Å². The number of carbonyl (C=O) groups excluding carboxylic acids is 2. The van der Waals surface area contributed by atoms with Crippen LogP contribution in [0.5, 0.6) is 0 Å². The maximum absolute atomic E-state index is 12.8. The highest BCUT2D eigenvalue weighted by Crippen LogP contribution is 2.73. The molecule has 0 amide bonds. The van der Waals surface area contributed by atoms with Crippen LogP contribution in [-0.2, 0) is 19.1 Å². The monoisotopic (exact) mass is 352 g/mol. The summed E-state index contributed by atoms with van der Waals surface area (Å²) < 4.78 is 11.2. The second-order valence-electron chi connectivity index (χ2n) is 8.62. The number of aliphatic hydroxyl groups excluding tert-OH is 2. The van der Waals surface area contributed by atoms with Gasteiger partial charge in [-0.3, -0.25) is 9.59 Å². The van der Waals surface area contributed by atoms with E-state index in [1.165, 1.54) is 7.11 Å². The van der Waals surface area contributed by atoms with Crippen LogP contribution in [0, 0.1) is 35.0 Å². The van der Waals surface area contributed by atoms with E-state index in [0.717, 1.165) is 19.3 Å². The van der Waals surface area contributed by atoms with E-state index in [1.807, 2.05) is 6.92 Å². The van der Waals surface area contributed by atoms with Gasteiger partial charge < -0.3 is 19.7 Å². The van der Waals surface area contributed by atoms with Gasteiger partial charge in [-0.15, -0.1) is 0 Å². The SMILES string of the molecule is COC(=O)[C@H]1[C@@H]2[C@@H](C)C(=O)O[C@]2(CCCO)[C@@H]2CC[C@@H]3C[C@@]21C[C@@H]3O. The van der Waals surface area contributed by atoms with Crippen LogP contribution in [-0.4, -0.2) is 47.6 Å². The van der Waals surface area contributed by atoms with Crippen LogP contribution >= 0.6 is 0 Å². The number of carbonyl (C=O) groups is 2. The van der Waals surface area contributed by atoms with Crippen molar-refractivity contribution in [1.29, 1.82) is 0 Å². The van der Waals surface area contributed by atoms with Gasteiger partial charge in [-0.05, 0) is 49.9 Å². The summed E-state index contributed by atoms with van der Waals surface area (Å²) in [6.45, 7) is 1.88. The molecule has 0 unspecified atom stereocenters. The van der Waals surface area contributed by atoms with Crippen molar-refractivity contribution in [3.63, 3.8) is 0 Å². The minimum Gasteiger partial charge on any atom is -0.469 e. The largest absolute Gasteiger partial charge is 0.469 e. The second kappa shape index (κ2) is 5.68. The fourth-order valence-corrected chi connectivity index (χ4v) is 7.12. The first-order valence-corrected chi connectivity index (χ1v) is 9.51. The summed E-state index contributed by atoms with van der Waals surface area (Å²) >= 11 is 0. The Kier molecular flexibility index (Phi) is 3.93. The van der Waals surface area contributed by atoms with Crippen LogP contribution in [0.15, 0.2) is 0 Å². The normalized spacial score (nSPS) is 50.3. The highest BCUT2D eigenvalue weighted by molar-refractivity contribution is 5.81. The lowest BCUT2D eigenvalue weighted by Crippen LogP contribution is -2.44. The molecule has 3 aliphatic carbocycles. The summed E-state index contributed by atoms with van der Waals surface area (Å²) in [4.78, 5) is 25.3. The average Bonchev–Trinajstić information content (AvgIpc) is 3.09. The van der Waals surface area contributed by atoms with Crippen LogP contribution in [0.4, 0.5) is 0 Å². The van der Waals surface area contributed by atoms with Crippen molar-refractivity contribution in [2.75, 3.05) is 13.7 Å². The lowest BCUT2D eigenvalue weighted by atomic mass is 9.63. The van der Waals surface area contributed by atoms with E-state index in [9.17, 15) is 19.8 Å². The average molecular weight is 352 g/mol. The molecule has 1 spiro atoms. The molecule has 4 rings (SSSR count). The smallest absolute Gasteiger partial charge is 0.309 e. The first-order valence-electron chi connectivity index (χ1n) is 9.51. The quantitative estimate of drug-likeness (QED) is 0.741. The Morgan fingerprint density at radius 3 is 2.80 bits per heavy atom. The first-order chi connectivity index (χ1) is 11.9. The van der Waals surface area contributed by atoms with Gasteiger partial charge >= 0.3 is 11.9 Å². The molecule has 2 bridgehead atoms. The molecule has 3 saturated carbocycles. The number of hydrogen-bond donors (Lipinski definition) is 2. The van der Waals surface area contributed by atoms with Crippen LogP contribution in [0.1, 0.15) is 45.4 Å². The van der Waals surface area contributed by atoms with Crippen molar-refractivity contribution >= 4 is 11.9 Å². The van der Waals surface area contributed by atoms with Gasteiger partial charge in [0.2, 0.25) is 0 Å². The molecule has 140 valence electrons. The highest BCUT2D eigenvalue weighted by Gasteiger charge is 2.77. The predicted molar refractivity (Wildman–Crippen MR) is 87.2 cm³/mol. The van der Waals surface area contributed by atoms with Crippen molar-refractivity contribution < 1.29 is 29.3 Å². The molecule has 25 heavy (non-hydrogen) atoms. The van der Waals surface area contributed by atoms with Crippen LogP contribution < -0.4 is 0 Å². The van der Waals surface area contributed by atoms with E-state index in [0.29, 0.717) is 19.3 Å². The summed E-state index contributed by atoms with van der Waals surface area (Å²) in [6.07, 6.45) is 3.88. The minimum absolute atomic E-state index is 0.0360. The molecule has 1 heterocycles. The zero-order valence-electron chi connectivity index (χ0n) is 14.9. The van der Waals surface area contributed by atoms with Gasteiger partial charge in [0.25, 0.3) is 0 Å². The van der Waals surface area contributed by atoms with Crippen LogP contribution in [0.2, 0.25) is 0 Å². The molecule has 0 radical (unpaired) electrons. The molecule has 8 atom stereocenters. The van der Waals surface area contributed by atoms with Crippen molar-refractivity contribution in [1.82, 2.24) is 0 Å². The number of methoxy groups -OCH3 is 1. The number of hydrogen-bond acceptors (Lipinski definition) is 6. The third kappa shape index (κ3) is 2.04. The summed E-state index contributed by atoms with van der Waals surface area (Å²) in [5, 5.41) is 19.9. The standard InChI is InChI=1S/C19H28O6/c1-10-14-15(17(23)24-2)18-8-11(12(21)9-18)4-5-13(18)19(14,6-3-7-20)25-16(10)22/h10-15,20-21H,3-9H2,1-2H3/t10-,11-,12+,13-,14+,15-,18-,19-/m1/s1. The number of ether oxygens (including phenoxy) is 2. The lowest BCUT2D eigenvalue weighted by molar-refractivity contribution is -0.160. The minimum atomic E-state index is -0.701. The van der Waals surface area contributed by atoms with Crippen LogP contribution in [0.25, 0.3) is 0 Å². The molecule has 4 fully saturated rings. The van der Waals surface area contributed by atoms with E-state index in [4.69, 9.17) is 9.47 Å². The molecule has 0 aromatic rings. The van der Waals surface area contributed by atoms with Gasteiger partial charge in [-0.1, -0.05) is 6.92 Å². The molecule has 6 heteroatoms. The number of esters is 2. The number of fused-ring (bicyclic) bond motifs is 3. The van der Waals surface area contributed by atoms with Crippen LogP contribution in [0.3, 0.4) is 0 Å². The summed E-state index contributed by atoms with van der Waals surface area (Å²) in [7, 11) is 1.40. The number of rotatable bonds is 4. The molecule has 4 aliphatic rings. The Hall–Kier alpha value is -1.14. The maximum atomic E-state index is 12.8. The van der Waals surface area contributed by atoms with E-state index in [-0.39, 0.29) is 47.6 Å². The Bertz CT molecular complexity index is 586. The van der Waals surface area contributed by atoms with Gasteiger partial charge in [0.15, 0.2) is 0 Å². The zero-order valence-corrected chi connectivity index (χ0v) is 14.9. The van der Waals surface area contributed by atoms with Crippen molar-refractivity contribution in [2.45, 2.75) is 57.2 Å². The maximum Gasteiger partial charge on any atom is 0.309 e. The molecular formula is C19H28O6. The zero-order chi connectivity index (χ0) is 18.0. The molecule has 2 N–H and O–H groups in total. The van der Waals surface area contributed by atoms with Crippen molar-refractivity contribution in [3.05, 3.63) is 0 Å². The fraction of sp³-hybridized carbons (Fsp3) is 0.895. The molecule has 1 aliphatic heterocycles. The Balaban J connectivity index is 1.85. The van der Waals surface area contributed by atoms with E-state index >= 15 is 0 Å². The molecule has 6 nitrogen and oxygen atoms in total. The summed E-state index contributed by atoms with van der Waals surface area (Å²) in [5.41, 5.74) is -1.04. The van der Waals surface area contributed by atoms with Crippen molar-refractivity contribution in [2.24, 2.45) is 35.0 Å². The van der Waals surface area contributed by atoms with Gasteiger partial charge in [0, 0.05) is 18.4 Å². The summed E-state index contributed by atoms with van der Waals surface area (Å²) in [6, 6.07) is 0.